The first kappa shape index (κ1) is 23.6. The van der Waals surface area contributed by atoms with Crippen molar-refractivity contribution in [2.24, 2.45) is 11.8 Å². The van der Waals surface area contributed by atoms with E-state index in [1.807, 2.05) is 43.3 Å². The average molecular weight is 493 g/mol. The maximum atomic E-state index is 13.3. The molecule has 0 spiro atoms. The van der Waals surface area contributed by atoms with Crippen LogP contribution in [0.15, 0.2) is 60.7 Å². The third-order valence-electron chi connectivity index (χ3n) is 7.15. The number of carbonyl (C=O) groups is 2. The molecule has 2 aliphatic carbocycles. The molecule has 3 aromatic rings. The lowest BCUT2D eigenvalue weighted by Crippen LogP contribution is -2.32. The minimum atomic E-state index is -0.335. The summed E-state index contributed by atoms with van der Waals surface area (Å²) in [7, 11) is 1.54. The van der Waals surface area contributed by atoms with Gasteiger partial charge in [0.2, 0.25) is 0 Å². The van der Waals surface area contributed by atoms with Gasteiger partial charge >= 0.3 is 0 Å². The molecular formula is C27H29ClN4O3. The number of hydrogen-bond acceptors (Lipinski definition) is 4. The zero-order valence-electron chi connectivity index (χ0n) is 19.8. The first-order valence-corrected chi connectivity index (χ1v) is 12.4. The fourth-order valence-electron chi connectivity index (χ4n) is 5.16. The predicted molar refractivity (Wildman–Crippen MR) is 133 cm³/mol. The van der Waals surface area contributed by atoms with Crippen molar-refractivity contribution in [3.8, 4) is 0 Å². The van der Waals surface area contributed by atoms with E-state index < -0.39 is 0 Å². The molecule has 2 amide bonds. The summed E-state index contributed by atoms with van der Waals surface area (Å²) in [6.07, 6.45) is 2.13. The number of amides is 2. The van der Waals surface area contributed by atoms with Crippen molar-refractivity contribution in [2.75, 3.05) is 7.05 Å². The number of carbonyl (C=O) groups excluding carboxylic acids is 2. The minimum Gasteiger partial charge on any atom is -0.374 e. The molecule has 2 N–H and O–H groups in total. The van der Waals surface area contributed by atoms with E-state index in [1.165, 1.54) is 5.56 Å². The Kier molecular flexibility index (Phi) is 6.62. The van der Waals surface area contributed by atoms with Crippen molar-refractivity contribution in [1.29, 1.82) is 0 Å². The average Bonchev–Trinajstić information content (AvgIpc) is 3.23. The van der Waals surface area contributed by atoms with E-state index in [0.29, 0.717) is 29.2 Å². The summed E-state index contributed by atoms with van der Waals surface area (Å²) in [5.74, 6) is 0.306. The molecule has 7 nitrogen and oxygen atoms in total. The highest BCUT2D eigenvalue weighted by molar-refractivity contribution is 6.30. The van der Waals surface area contributed by atoms with Crippen LogP contribution in [0.25, 0.3) is 0 Å². The van der Waals surface area contributed by atoms with Crippen LogP contribution in [0.4, 0.5) is 0 Å². The van der Waals surface area contributed by atoms with Gasteiger partial charge in [-0.25, -0.2) is 0 Å². The van der Waals surface area contributed by atoms with Crippen molar-refractivity contribution in [1.82, 2.24) is 20.4 Å². The summed E-state index contributed by atoms with van der Waals surface area (Å²) >= 11 is 6.17. The van der Waals surface area contributed by atoms with Gasteiger partial charge < -0.3 is 15.4 Å². The first-order valence-electron chi connectivity index (χ1n) is 12.0. The second-order valence-corrected chi connectivity index (χ2v) is 9.82. The maximum absolute atomic E-state index is 13.3. The van der Waals surface area contributed by atoms with Crippen LogP contribution in [-0.4, -0.2) is 40.8 Å². The van der Waals surface area contributed by atoms with Crippen LogP contribution in [0.2, 0.25) is 5.02 Å². The van der Waals surface area contributed by atoms with E-state index in [4.69, 9.17) is 16.3 Å². The molecule has 5 rings (SSSR count). The normalized spacial score (nSPS) is 23.4. The predicted octanol–water partition coefficient (Wildman–Crippen LogP) is 4.23. The molecule has 35 heavy (non-hydrogen) atoms. The van der Waals surface area contributed by atoms with Crippen molar-refractivity contribution in [3.05, 3.63) is 88.2 Å². The van der Waals surface area contributed by atoms with Crippen LogP contribution in [0.3, 0.4) is 0 Å². The number of nitrogens with one attached hydrogen (secondary N) is 2. The van der Waals surface area contributed by atoms with Crippen LogP contribution in [0.5, 0.6) is 0 Å². The van der Waals surface area contributed by atoms with Crippen molar-refractivity contribution in [3.63, 3.8) is 0 Å². The highest BCUT2D eigenvalue weighted by Gasteiger charge is 2.57. The summed E-state index contributed by atoms with van der Waals surface area (Å²) in [6, 6.07) is 19.0. The van der Waals surface area contributed by atoms with E-state index in [9.17, 15) is 9.59 Å². The number of ether oxygens (including phenoxy) is 1. The molecule has 0 saturated heterocycles. The van der Waals surface area contributed by atoms with Crippen molar-refractivity contribution >= 4 is 23.4 Å². The van der Waals surface area contributed by atoms with Gasteiger partial charge in [-0.2, -0.15) is 5.10 Å². The third kappa shape index (κ3) is 4.97. The number of aromatic nitrogens is 2. The largest absolute Gasteiger partial charge is 0.374 e. The van der Waals surface area contributed by atoms with Gasteiger partial charge in [-0.15, -0.1) is 0 Å². The number of halogens is 1. The van der Waals surface area contributed by atoms with Crippen LogP contribution < -0.4 is 10.6 Å². The fraction of sp³-hybridized carbons (Fsp3) is 0.370. The van der Waals surface area contributed by atoms with Gasteiger partial charge in [0.15, 0.2) is 5.69 Å². The highest BCUT2D eigenvalue weighted by Crippen LogP contribution is 2.53. The molecule has 1 heterocycles. The lowest BCUT2D eigenvalue weighted by Gasteiger charge is -2.18. The molecule has 0 bridgehead atoms. The molecular weight excluding hydrogens is 464 g/mol. The Morgan fingerprint density at radius 2 is 1.83 bits per heavy atom. The van der Waals surface area contributed by atoms with Gasteiger partial charge in [-0.3, -0.25) is 14.3 Å². The summed E-state index contributed by atoms with van der Waals surface area (Å²) in [5.41, 5.74) is 2.64. The van der Waals surface area contributed by atoms with Crippen molar-refractivity contribution < 1.29 is 14.3 Å². The summed E-state index contributed by atoms with van der Waals surface area (Å²) < 4.78 is 7.70. The zero-order valence-corrected chi connectivity index (χ0v) is 20.5. The number of benzene rings is 2. The second kappa shape index (κ2) is 9.84. The summed E-state index contributed by atoms with van der Waals surface area (Å²) in [5, 5.41) is 10.8. The van der Waals surface area contributed by atoms with E-state index in [2.05, 4.69) is 27.9 Å². The van der Waals surface area contributed by atoms with Crippen LogP contribution in [-0.2, 0) is 11.3 Å². The zero-order chi connectivity index (χ0) is 24.5. The molecule has 2 unspecified atom stereocenters. The molecule has 2 fully saturated rings. The van der Waals surface area contributed by atoms with E-state index >= 15 is 0 Å². The topological polar surface area (TPSA) is 85.3 Å². The summed E-state index contributed by atoms with van der Waals surface area (Å²) in [6.45, 7) is 2.55. The summed E-state index contributed by atoms with van der Waals surface area (Å²) in [4.78, 5) is 25.6. The van der Waals surface area contributed by atoms with Gasteiger partial charge in [0.1, 0.15) is 5.69 Å². The van der Waals surface area contributed by atoms with Crippen molar-refractivity contribution in [2.45, 2.75) is 44.6 Å². The lowest BCUT2D eigenvalue weighted by atomic mass is 10.1. The first-order chi connectivity index (χ1) is 16.9. The van der Waals surface area contributed by atoms with Gasteiger partial charge in [0.25, 0.3) is 11.8 Å². The molecule has 2 aliphatic rings. The molecule has 5 atom stereocenters. The second-order valence-electron chi connectivity index (χ2n) is 9.39. The van der Waals surface area contributed by atoms with E-state index in [-0.39, 0.29) is 35.7 Å². The van der Waals surface area contributed by atoms with Gasteiger partial charge in [0.05, 0.1) is 18.8 Å². The van der Waals surface area contributed by atoms with Gasteiger partial charge in [0, 0.05) is 24.2 Å². The molecule has 0 radical (unpaired) electrons. The lowest BCUT2D eigenvalue weighted by molar-refractivity contribution is 0.0353. The Hall–Kier alpha value is -3.16. The van der Waals surface area contributed by atoms with Crippen LogP contribution in [0.1, 0.15) is 57.9 Å². The maximum Gasteiger partial charge on any atom is 0.271 e. The van der Waals surface area contributed by atoms with Gasteiger partial charge in [-0.05, 0) is 54.9 Å². The van der Waals surface area contributed by atoms with E-state index in [0.717, 1.165) is 18.4 Å². The smallest absolute Gasteiger partial charge is 0.271 e. The molecule has 2 aromatic carbocycles. The van der Waals surface area contributed by atoms with E-state index in [1.54, 1.807) is 23.9 Å². The number of rotatable bonds is 8. The Morgan fingerprint density at radius 3 is 2.51 bits per heavy atom. The quantitative estimate of drug-likeness (QED) is 0.493. The molecule has 0 aliphatic heterocycles. The Labute approximate surface area is 209 Å². The number of hydrogen-bond donors (Lipinski definition) is 2. The number of fused-ring (bicyclic) bond motifs is 1. The Morgan fingerprint density at radius 1 is 1.09 bits per heavy atom. The van der Waals surface area contributed by atoms with Crippen LogP contribution in [0, 0.1) is 11.8 Å². The molecule has 2 saturated carbocycles. The minimum absolute atomic E-state index is 0.132. The van der Waals surface area contributed by atoms with Gasteiger partial charge in [-0.1, -0.05) is 54.1 Å². The monoisotopic (exact) mass is 492 g/mol. The highest BCUT2D eigenvalue weighted by atomic mass is 35.5. The molecule has 1 aromatic heterocycles. The molecule has 8 heteroatoms. The Bertz CT molecular complexity index is 1220. The number of nitrogens with zero attached hydrogens (tertiary/aromatic N) is 2. The fourth-order valence-corrected chi connectivity index (χ4v) is 5.36. The third-order valence-corrected chi connectivity index (χ3v) is 7.39. The standard InChI is InChI=1S/C27H29ClN4O3/c1-16(18-9-6-10-19(28)11-18)32-24(14-23(31-32)26(33)29-2)27(34)30-25-21-12-20(13-22(21)25)35-15-17-7-4-3-5-8-17/h3-11,14,16,20-22,25H,12-13,15H2,1-2H3,(H,29,33)(H,30,34)/t16-,20?,21-,22+,25?/m0/s1. The van der Waals surface area contributed by atoms with Crippen LogP contribution >= 0.6 is 11.6 Å². The Balaban J connectivity index is 1.24. The SMILES string of the molecule is CNC(=O)c1cc(C(=O)NC2[C@H]3CC(OCc4ccccc4)C[C@@H]23)n([C@@H](C)c2cccc(Cl)c2)n1. The molecule has 182 valence electrons.